The minimum atomic E-state index is -4.04. The third kappa shape index (κ3) is 3.81. The lowest BCUT2D eigenvalue weighted by molar-refractivity contribution is -0.224. The Morgan fingerprint density at radius 3 is 0.935 bits per heavy atom. The van der Waals surface area contributed by atoms with Crippen LogP contribution in [0, 0.1) is 27.1 Å². The first-order valence-corrected chi connectivity index (χ1v) is 8.90. The predicted molar refractivity (Wildman–Crippen MR) is 88.9 cm³/mol. The number of carbonyl (C=O) groups excluding carboxylic acids is 1. The smallest absolute Gasteiger partial charge is 0.159 e. The monoisotopic (exact) mass is 484 g/mol. The van der Waals surface area contributed by atoms with Crippen molar-refractivity contribution < 1.29 is 57.5 Å². The number of hydrogen-bond donors (Lipinski definition) is 0. The average Bonchev–Trinajstić information content (AvgIpc) is 2.83. The fourth-order valence-electron chi connectivity index (χ4n) is 4.01. The van der Waals surface area contributed by atoms with Crippen LogP contribution in [0.1, 0.15) is 0 Å². The second-order valence-corrected chi connectivity index (χ2v) is 7.74. The van der Waals surface area contributed by atoms with E-state index in [9.17, 15) is 57.5 Å². The first kappa shape index (κ1) is 29.8. The van der Waals surface area contributed by atoms with Crippen LogP contribution in [0.2, 0.25) is 0 Å². The van der Waals surface area contributed by atoms with Crippen molar-refractivity contribution in [2.24, 2.45) is 27.1 Å². The normalized spacial score (nSPS) is 14.2. The third-order valence-electron chi connectivity index (χ3n) is 6.67. The Bertz CT molecular complexity index is 521. The molecule has 0 bridgehead atoms. The Morgan fingerprint density at radius 2 is 0.742 bits per heavy atom. The molecule has 0 aromatic carbocycles. The number of ketones is 1. The first-order chi connectivity index (χ1) is 14.6. The Kier molecular flexibility index (Phi) is 11.2. The number of carbonyl (C=O) groups is 1. The SMILES string of the molecule is O=C(C(CF)(CF)CF)C(CF)(CF)C(CF)(CF)C(CF)(CF)C(CF)(CF)CF. The molecule has 0 saturated carbocycles. The van der Waals surface area contributed by atoms with Crippen molar-refractivity contribution in [2.75, 3.05) is 80.1 Å². The quantitative estimate of drug-likeness (QED) is 0.262. The number of hydrogen-bond acceptors (Lipinski definition) is 1. The minimum Gasteiger partial charge on any atom is -0.298 e. The zero-order valence-electron chi connectivity index (χ0n) is 16.4. The highest BCUT2D eigenvalue weighted by Crippen LogP contribution is 2.63. The van der Waals surface area contributed by atoms with Crippen LogP contribution in [0.15, 0.2) is 0 Å². The molecule has 0 unspecified atom stereocenters. The van der Waals surface area contributed by atoms with Gasteiger partial charge in [-0.15, -0.1) is 0 Å². The van der Waals surface area contributed by atoms with Gasteiger partial charge in [0.25, 0.3) is 0 Å². The van der Waals surface area contributed by atoms with Crippen molar-refractivity contribution >= 4 is 5.78 Å². The second kappa shape index (κ2) is 11.6. The van der Waals surface area contributed by atoms with Crippen LogP contribution in [-0.4, -0.2) is 85.9 Å². The van der Waals surface area contributed by atoms with Gasteiger partial charge in [-0.2, -0.15) is 0 Å². The van der Waals surface area contributed by atoms with Gasteiger partial charge in [-0.05, 0) is 0 Å². The topological polar surface area (TPSA) is 17.1 Å². The zero-order valence-corrected chi connectivity index (χ0v) is 16.4. The standard InChI is InChI=1S/C18H24F12O/c19-1-14(2-20,3-21)13(31)16(7-25,8-26)18(11-29,12-30)17(9-27,10-28)15(4-22,5-23)6-24/h1-12H2. The van der Waals surface area contributed by atoms with E-state index >= 15 is 0 Å². The van der Waals surface area contributed by atoms with E-state index < -0.39 is 113 Å². The average molecular weight is 484 g/mol. The van der Waals surface area contributed by atoms with Crippen LogP contribution >= 0.6 is 0 Å². The van der Waals surface area contributed by atoms with Gasteiger partial charge in [0.15, 0.2) is 5.78 Å². The van der Waals surface area contributed by atoms with Crippen LogP contribution < -0.4 is 0 Å². The third-order valence-corrected chi connectivity index (χ3v) is 6.67. The molecule has 186 valence electrons. The zero-order chi connectivity index (χ0) is 24.6. The van der Waals surface area contributed by atoms with E-state index in [0.717, 1.165) is 0 Å². The second-order valence-electron chi connectivity index (χ2n) is 7.74. The molecular formula is C18H24F12O. The van der Waals surface area contributed by atoms with Gasteiger partial charge in [-0.3, -0.25) is 35.5 Å². The molecule has 0 saturated heterocycles. The summed E-state index contributed by atoms with van der Waals surface area (Å²) in [6, 6.07) is 0. The van der Waals surface area contributed by atoms with Crippen molar-refractivity contribution in [1.29, 1.82) is 0 Å². The van der Waals surface area contributed by atoms with Gasteiger partial charge >= 0.3 is 0 Å². The number of rotatable bonds is 17. The number of Topliss-reactive ketones (excluding diaryl/α,β-unsaturated/α-hetero) is 1. The molecular weight excluding hydrogens is 460 g/mol. The molecule has 0 aromatic rings. The molecule has 0 spiro atoms. The molecule has 0 rings (SSSR count). The van der Waals surface area contributed by atoms with Crippen LogP contribution in [0.25, 0.3) is 0 Å². The van der Waals surface area contributed by atoms with E-state index in [0.29, 0.717) is 0 Å². The molecule has 0 radical (unpaired) electrons. The molecule has 0 fully saturated rings. The molecule has 0 aromatic heterocycles. The van der Waals surface area contributed by atoms with Crippen LogP contribution in [0.4, 0.5) is 52.7 Å². The van der Waals surface area contributed by atoms with Crippen LogP contribution in [-0.2, 0) is 4.79 Å². The summed E-state index contributed by atoms with van der Waals surface area (Å²) in [6.07, 6.45) is 0. The Labute approximate surface area is 171 Å². The van der Waals surface area contributed by atoms with Gasteiger partial charge < -0.3 is 0 Å². The van der Waals surface area contributed by atoms with Crippen LogP contribution in [0.3, 0.4) is 0 Å². The van der Waals surface area contributed by atoms with Gasteiger partial charge in [-0.1, -0.05) is 0 Å². The Balaban J connectivity index is 7.60. The van der Waals surface area contributed by atoms with Crippen molar-refractivity contribution in [3.63, 3.8) is 0 Å². The van der Waals surface area contributed by atoms with Crippen molar-refractivity contribution in [1.82, 2.24) is 0 Å². The summed E-state index contributed by atoms with van der Waals surface area (Å²) in [5, 5.41) is 0. The molecule has 0 amide bonds. The first-order valence-electron chi connectivity index (χ1n) is 8.90. The lowest BCUT2D eigenvalue weighted by atomic mass is 9.43. The molecule has 0 atom stereocenters. The highest BCUT2D eigenvalue weighted by Gasteiger charge is 2.75. The molecule has 13 heteroatoms. The lowest BCUT2D eigenvalue weighted by Gasteiger charge is -2.59. The van der Waals surface area contributed by atoms with E-state index in [-0.39, 0.29) is 0 Å². The van der Waals surface area contributed by atoms with E-state index in [1.807, 2.05) is 0 Å². The Hall–Kier alpha value is -1.17. The van der Waals surface area contributed by atoms with Crippen LogP contribution in [0.5, 0.6) is 0 Å². The fourth-order valence-corrected chi connectivity index (χ4v) is 4.01. The summed E-state index contributed by atoms with van der Waals surface area (Å²) in [6.45, 7) is -29.2. The number of alkyl halides is 12. The summed E-state index contributed by atoms with van der Waals surface area (Å²) in [5.41, 5.74) is -19.0. The maximum atomic E-state index is 14.3. The molecule has 0 aliphatic heterocycles. The van der Waals surface area contributed by atoms with Crippen molar-refractivity contribution in [3.05, 3.63) is 0 Å². The van der Waals surface area contributed by atoms with Gasteiger partial charge in [0.2, 0.25) is 0 Å². The molecule has 1 nitrogen and oxygen atoms in total. The van der Waals surface area contributed by atoms with Crippen molar-refractivity contribution in [3.8, 4) is 0 Å². The molecule has 0 N–H and O–H groups in total. The predicted octanol–water partition coefficient (Wildman–Crippen LogP) is 5.12. The maximum Gasteiger partial charge on any atom is 0.159 e. The largest absolute Gasteiger partial charge is 0.298 e. The van der Waals surface area contributed by atoms with Crippen molar-refractivity contribution in [2.45, 2.75) is 0 Å². The Morgan fingerprint density at radius 1 is 0.419 bits per heavy atom. The lowest BCUT2D eigenvalue weighted by Crippen LogP contribution is -2.72. The highest BCUT2D eigenvalue weighted by atomic mass is 19.2. The fraction of sp³-hybridized carbons (Fsp3) is 0.944. The van der Waals surface area contributed by atoms with E-state index in [1.165, 1.54) is 0 Å². The summed E-state index contributed by atoms with van der Waals surface area (Å²) in [5.74, 6) is -2.45. The van der Waals surface area contributed by atoms with Gasteiger partial charge in [0.1, 0.15) is 58.8 Å². The molecule has 0 heterocycles. The van der Waals surface area contributed by atoms with Gasteiger partial charge in [-0.25, -0.2) is 22.0 Å². The van der Waals surface area contributed by atoms with E-state index in [4.69, 9.17) is 0 Å². The summed E-state index contributed by atoms with van der Waals surface area (Å²) >= 11 is 0. The van der Waals surface area contributed by atoms with Gasteiger partial charge in [0.05, 0.1) is 48.4 Å². The summed E-state index contributed by atoms with van der Waals surface area (Å²) in [7, 11) is 0. The molecule has 0 aliphatic rings. The van der Waals surface area contributed by atoms with E-state index in [2.05, 4.69) is 0 Å². The number of halogens is 12. The van der Waals surface area contributed by atoms with Gasteiger partial charge in [0, 0.05) is 0 Å². The van der Waals surface area contributed by atoms with E-state index in [1.54, 1.807) is 0 Å². The molecule has 31 heavy (non-hydrogen) atoms. The summed E-state index contributed by atoms with van der Waals surface area (Å²) < 4.78 is 167. The maximum absolute atomic E-state index is 14.3. The highest BCUT2D eigenvalue weighted by molar-refractivity contribution is 5.92. The minimum absolute atomic E-state index is 2.27. The molecule has 0 aliphatic carbocycles. The summed E-state index contributed by atoms with van der Waals surface area (Å²) in [4.78, 5) is 12.8.